The number of para-hydroxylation sites is 1. The summed E-state index contributed by atoms with van der Waals surface area (Å²) in [6.45, 7) is 7.49. The zero-order valence-corrected chi connectivity index (χ0v) is 13.3. The standard InChI is InChI=1S/C18H21N3O/c1-4-21-15-7-5-6-14(19)18(15)20-17(21)11-22-16-10-12(2)8-9-13(16)3/h5-10H,4,11,19H2,1-3H3. The van der Waals surface area contributed by atoms with E-state index in [4.69, 9.17) is 10.5 Å². The van der Waals surface area contributed by atoms with Crippen LogP contribution in [0.5, 0.6) is 5.75 Å². The van der Waals surface area contributed by atoms with Crippen molar-refractivity contribution in [3.63, 3.8) is 0 Å². The van der Waals surface area contributed by atoms with Gasteiger partial charge >= 0.3 is 0 Å². The number of benzene rings is 2. The fourth-order valence-electron chi connectivity index (χ4n) is 2.68. The molecular weight excluding hydrogens is 274 g/mol. The van der Waals surface area contributed by atoms with Crippen LogP contribution >= 0.6 is 0 Å². The minimum Gasteiger partial charge on any atom is -0.485 e. The molecule has 0 amide bonds. The molecule has 114 valence electrons. The fourth-order valence-corrected chi connectivity index (χ4v) is 2.68. The number of fused-ring (bicyclic) bond motifs is 1. The number of aryl methyl sites for hydroxylation is 3. The Labute approximate surface area is 130 Å². The molecule has 2 aromatic carbocycles. The summed E-state index contributed by atoms with van der Waals surface area (Å²) in [6, 6.07) is 12.1. The lowest BCUT2D eigenvalue weighted by molar-refractivity contribution is 0.288. The summed E-state index contributed by atoms with van der Waals surface area (Å²) in [6.07, 6.45) is 0. The second-order valence-corrected chi connectivity index (χ2v) is 5.54. The SMILES string of the molecule is CCn1c(COc2cc(C)ccc2C)nc2c(N)cccc21. The van der Waals surface area contributed by atoms with Crippen LogP contribution in [0.1, 0.15) is 23.9 Å². The molecule has 1 heterocycles. The molecule has 1 aromatic heterocycles. The smallest absolute Gasteiger partial charge is 0.148 e. The molecule has 0 aliphatic carbocycles. The predicted octanol–water partition coefficient (Wildman–Crippen LogP) is 3.83. The minimum atomic E-state index is 0.437. The highest BCUT2D eigenvalue weighted by atomic mass is 16.5. The van der Waals surface area contributed by atoms with Gasteiger partial charge in [0.05, 0.1) is 11.2 Å². The molecule has 4 heteroatoms. The van der Waals surface area contributed by atoms with Gasteiger partial charge in [0.25, 0.3) is 0 Å². The van der Waals surface area contributed by atoms with Crippen LogP contribution in [-0.4, -0.2) is 9.55 Å². The van der Waals surface area contributed by atoms with E-state index in [-0.39, 0.29) is 0 Å². The Morgan fingerprint density at radius 3 is 2.77 bits per heavy atom. The van der Waals surface area contributed by atoms with Gasteiger partial charge in [-0.05, 0) is 50.1 Å². The first kappa shape index (κ1) is 14.4. The van der Waals surface area contributed by atoms with E-state index in [0.29, 0.717) is 12.3 Å². The highest BCUT2D eigenvalue weighted by Crippen LogP contribution is 2.24. The zero-order valence-electron chi connectivity index (χ0n) is 13.3. The number of nitrogens with zero attached hydrogens (tertiary/aromatic N) is 2. The third-order valence-electron chi connectivity index (χ3n) is 3.91. The molecule has 4 nitrogen and oxygen atoms in total. The number of ether oxygens (including phenoxy) is 1. The van der Waals surface area contributed by atoms with Gasteiger partial charge in [0, 0.05) is 6.54 Å². The Hall–Kier alpha value is -2.49. The van der Waals surface area contributed by atoms with Crippen molar-refractivity contribution in [2.45, 2.75) is 33.9 Å². The maximum atomic E-state index is 6.03. The molecule has 0 fully saturated rings. The van der Waals surface area contributed by atoms with E-state index >= 15 is 0 Å². The number of imidazole rings is 1. The van der Waals surface area contributed by atoms with Crippen LogP contribution in [0.3, 0.4) is 0 Å². The molecule has 0 bridgehead atoms. The first-order valence-electron chi connectivity index (χ1n) is 7.53. The van der Waals surface area contributed by atoms with Gasteiger partial charge < -0.3 is 15.0 Å². The maximum Gasteiger partial charge on any atom is 0.148 e. The van der Waals surface area contributed by atoms with Gasteiger partial charge in [-0.2, -0.15) is 0 Å². The molecule has 0 atom stereocenters. The molecule has 0 saturated heterocycles. The third-order valence-corrected chi connectivity index (χ3v) is 3.91. The van der Waals surface area contributed by atoms with Crippen LogP contribution in [-0.2, 0) is 13.2 Å². The van der Waals surface area contributed by atoms with Crippen LogP contribution in [0.15, 0.2) is 36.4 Å². The zero-order chi connectivity index (χ0) is 15.7. The summed E-state index contributed by atoms with van der Waals surface area (Å²) in [5.41, 5.74) is 11.0. The molecule has 3 rings (SSSR count). The van der Waals surface area contributed by atoms with Crippen LogP contribution in [0, 0.1) is 13.8 Å². The minimum absolute atomic E-state index is 0.437. The van der Waals surface area contributed by atoms with Gasteiger partial charge in [0.15, 0.2) is 0 Å². The summed E-state index contributed by atoms with van der Waals surface area (Å²) >= 11 is 0. The second kappa shape index (κ2) is 5.72. The van der Waals surface area contributed by atoms with Crippen molar-refractivity contribution in [2.24, 2.45) is 0 Å². The van der Waals surface area contributed by atoms with Crippen molar-refractivity contribution in [2.75, 3.05) is 5.73 Å². The molecule has 22 heavy (non-hydrogen) atoms. The lowest BCUT2D eigenvalue weighted by Crippen LogP contribution is -2.06. The third kappa shape index (κ3) is 2.52. The van der Waals surface area contributed by atoms with Crippen molar-refractivity contribution in [1.82, 2.24) is 9.55 Å². The highest BCUT2D eigenvalue weighted by molar-refractivity contribution is 5.87. The first-order valence-corrected chi connectivity index (χ1v) is 7.53. The Morgan fingerprint density at radius 1 is 1.18 bits per heavy atom. The van der Waals surface area contributed by atoms with Crippen molar-refractivity contribution in [3.8, 4) is 5.75 Å². The largest absolute Gasteiger partial charge is 0.485 e. The van der Waals surface area contributed by atoms with E-state index in [1.165, 1.54) is 5.56 Å². The van der Waals surface area contributed by atoms with Gasteiger partial charge in [0.2, 0.25) is 0 Å². The number of anilines is 1. The maximum absolute atomic E-state index is 6.03. The molecule has 0 radical (unpaired) electrons. The van der Waals surface area contributed by atoms with Crippen molar-refractivity contribution in [1.29, 1.82) is 0 Å². The molecular formula is C18H21N3O. The quantitative estimate of drug-likeness (QED) is 0.744. The summed E-state index contributed by atoms with van der Waals surface area (Å²) < 4.78 is 8.14. The molecule has 0 spiro atoms. The fraction of sp³-hybridized carbons (Fsp3) is 0.278. The van der Waals surface area contributed by atoms with E-state index in [2.05, 4.69) is 48.5 Å². The predicted molar refractivity (Wildman–Crippen MR) is 90.1 cm³/mol. The number of nitrogens with two attached hydrogens (primary N) is 1. The Bertz CT molecular complexity index is 821. The first-order chi connectivity index (χ1) is 10.6. The lowest BCUT2D eigenvalue weighted by Gasteiger charge is -2.11. The van der Waals surface area contributed by atoms with Gasteiger partial charge in [-0.15, -0.1) is 0 Å². The average Bonchev–Trinajstić information content (AvgIpc) is 2.87. The monoisotopic (exact) mass is 295 g/mol. The molecule has 2 N–H and O–H groups in total. The number of nitrogen functional groups attached to an aromatic ring is 1. The van der Waals surface area contributed by atoms with E-state index < -0.39 is 0 Å². The van der Waals surface area contributed by atoms with Crippen molar-refractivity contribution >= 4 is 16.7 Å². The number of hydrogen-bond acceptors (Lipinski definition) is 3. The summed E-state index contributed by atoms with van der Waals surface area (Å²) in [5, 5.41) is 0. The normalized spacial score (nSPS) is 11.0. The van der Waals surface area contributed by atoms with Crippen LogP contribution < -0.4 is 10.5 Å². The van der Waals surface area contributed by atoms with E-state index in [1.54, 1.807) is 0 Å². The summed E-state index contributed by atoms with van der Waals surface area (Å²) in [5.74, 6) is 1.80. The number of hydrogen-bond donors (Lipinski definition) is 1. The van der Waals surface area contributed by atoms with Crippen molar-refractivity contribution < 1.29 is 4.74 Å². The Kier molecular flexibility index (Phi) is 3.75. The second-order valence-electron chi connectivity index (χ2n) is 5.54. The lowest BCUT2D eigenvalue weighted by atomic mass is 10.1. The van der Waals surface area contributed by atoms with E-state index in [1.807, 2.05) is 18.2 Å². The van der Waals surface area contributed by atoms with Gasteiger partial charge in [-0.25, -0.2) is 4.98 Å². The van der Waals surface area contributed by atoms with Crippen LogP contribution in [0.2, 0.25) is 0 Å². The number of rotatable bonds is 4. The van der Waals surface area contributed by atoms with Gasteiger partial charge in [-0.1, -0.05) is 18.2 Å². The van der Waals surface area contributed by atoms with Crippen LogP contribution in [0.4, 0.5) is 5.69 Å². The summed E-state index contributed by atoms with van der Waals surface area (Å²) in [4.78, 5) is 4.66. The average molecular weight is 295 g/mol. The topological polar surface area (TPSA) is 53.1 Å². The Morgan fingerprint density at radius 2 is 2.00 bits per heavy atom. The molecule has 0 saturated carbocycles. The van der Waals surface area contributed by atoms with Gasteiger partial charge in [-0.3, -0.25) is 0 Å². The van der Waals surface area contributed by atoms with Crippen molar-refractivity contribution in [3.05, 3.63) is 53.3 Å². The van der Waals surface area contributed by atoms with E-state index in [9.17, 15) is 0 Å². The van der Waals surface area contributed by atoms with Gasteiger partial charge in [0.1, 0.15) is 23.7 Å². The van der Waals surface area contributed by atoms with Crippen LogP contribution in [0.25, 0.3) is 11.0 Å². The Balaban J connectivity index is 1.94. The number of aromatic nitrogens is 2. The molecule has 3 aromatic rings. The highest BCUT2D eigenvalue weighted by Gasteiger charge is 2.12. The molecule has 0 aliphatic rings. The molecule has 0 aliphatic heterocycles. The molecule has 0 unspecified atom stereocenters. The summed E-state index contributed by atoms with van der Waals surface area (Å²) in [7, 11) is 0. The van der Waals surface area contributed by atoms with E-state index in [0.717, 1.165) is 34.7 Å².